The van der Waals surface area contributed by atoms with E-state index in [9.17, 15) is 0 Å². The standard InChI is InChI=1S/C6H6N/c1-6-4-2-3-5-7-6/h2-5H,1H2/p+1. The first-order valence-electron chi connectivity index (χ1n) is 2.18. The third-order valence-corrected chi connectivity index (χ3v) is 0.773. The van der Waals surface area contributed by atoms with Gasteiger partial charge in [-0.2, -0.15) is 0 Å². The van der Waals surface area contributed by atoms with Crippen LogP contribution < -0.4 is 4.99 Å². The molecule has 0 aliphatic carbocycles. The minimum atomic E-state index is 0.947. The van der Waals surface area contributed by atoms with Gasteiger partial charge in [-0.15, -0.1) is 0 Å². The van der Waals surface area contributed by atoms with Gasteiger partial charge in [-0.05, 0) is 12.7 Å². The lowest BCUT2D eigenvalue weighted by Crippen LogP contribution is -2.66. The molecule has 0 amide bonds. The maximum Gasteiger partial charge on any atom is 0.180 e. The molecule has 0 aromatic heterocycles. The molecule has 1 N–H and O–H groups in total. The summed E-state index contributed by atoms with van der Waals surface area (Å²) in [5.74, 6) is 0. The molecule has 7 heavy (non-hydrogen) atoms. The molecule has 1 rings (SSSR count). The normalized spacial score (nSPS) is 18.0. The maximum absolute atomic E-state index is 3.66. The fraction of sp³-hybridized carbons (Fsp3) is 0. The summed E-state index contributed by atoms with van der Waals surface area (Å²) in [5.41, 5.74) is 0.947. The first kappa shape index (κ1) is 4.31. The summed E-state index contributed by atoms with van der Waals surface area (Å²) >= 11 is 0. The van der Waals surface area contributed by atoms with Crippen LogP contribution >= 0.6 is 0 Å². The average Bonchev–Trinajstić information content (AvgIpc) is 1.69. The van der Waals surface area contributed by atoms with Crippen molar-refractivity contribution in [3.8, 4) is 0 Å². The molecule has 0 saturated carbocycles. The van der Waals surface area contributed by atoms with E-state index in [1.807, 2.05) is 24.8 Å². The van der Waals surface area contributed by atoms with E-state index in [1.54, 1.807) is 0 Å². The van der Waals surface area contributed by atoms with Gasteiger partial charge in [0.1, 0.15) is 0 Å². The van der Waals surface area contributed by atoms with Gasteiger partial charge in [-0.1, -0.05) is 6.08 Å². The van der Waals surface area contributed by atoms with Crippen LogP contribution in [0.25, 0.3) is 0 Å². The lowest BCUT2D eigenvalue weighted by molar-refractivity contribution is -0.386. The van der Waals surface area contributed by atoms with Gasteiger partial charge in [0, 0.05) is 0 Å². The number of allylic oxidation sites excluding steroid dienone is 2. The molecule has 1 aliphatic rings. The maximum atomic E-state index is 3.66. The Bertz CT molecular complexity index is 131. The second-order valence-electron chi connectivity index (χ2n) is 1.39. The molecule has 1 nitrogen and oxygen atoms in total. The molecule has 0 unspecified atom stereocenters. The summed E-state index contributed by atoms with van der Waals surface area (Å²) in [7, 11) is 0. The number of nitrogens with one attached hydrogen (secondary N) is 1. The molecule has 0 spiro atoms. The molecule has 35 valence electrons. The van der Waals surface area contributed by atoms with Gasteiger partial charge < -0.3 is 0 Å². The van der Waals surface area contributed by atoms with Gasteiger partial charge in [0.05, 0.1) is 6.42 Å². The second-order valence-corrected chi connectivity index (χ2v) is 1.39. The minimum Gasteiger partial charge on any atom is -0.215 e. The van der Waals surface area contributed by atoms with E-state index >= 15 is 0 Å². The van der Waals surface area contributed by atoms with Crippen molar-refractivity contribution in [2.75, 3.05) is 0 Å². The molecular formula is C6H7N+. The van der Waals surface area contributed by atoms with Crippen LogP contribution in [0, 0.1) is 6.42 Å². The smallest absolute Gasteiger partial charge is 0.180 e. The quantitative estimate of drug-likeness (QED) is 0.412. The lowest BCUT2D eigenvalue weighted by Gasteiger charge is -1.86. The Morgan fingerprint density at radius 2 is 2.29 bits per heavy atom. The van der Waals surface area contributed by atoms with Crippen LogP contribution in [0.3, 0.4) is 0 Å². The third kappa shape index (κ3) is 1.000. The number of hydrogen-bond acceptors (Lipinski definition) is 0. The molecule has 1 radical (unpaired) electrons. The van der Waals surface area contributed by atoms with Crippen molar-refractivity contribution in [3.05, 3.63) is 30.8 Å². The molecule has 0 aromatic rings. The zero-order chi connectivity index (χ0) is 5.11. The van der Waals surface area contributed by atoms with E-state index in [0.29, 0.717) is 0 Å². The van der Waals surface area contributed by atoms with E-state index in [1.165, 1.54) is 0 Å². The predicted molar refractivity (Wildman–Crippen MR) is 29.6 cm³/mol. The highest BCUT2D eigenvalue weighted by Gasteiger charge is 1.94. The molecule has 1 heteroatoms. The van der Waals surface area contributed by atoms with Gasteiger partial charge in [-0.25, -0.2) is 4.99 Å². The van der Waals surface area contributed by atoms with Crippen LogP contribution in [0.15, 0.2) is 24.4 Å². The Hall–Kier alpha value is -0.850. The van der Waals surface area contributed by atoms with Crippen molar-refractivity contribution in [3.63, 3.8) is 0 Å². The van der Waals surface area contributed by atoms with Gasteiger partial charge in [0.15, 0.2) is 11.9 Å². The fourth-order valence-electron chi connectivity index (χ4n) is 0.431. The van der Waals surface area contributed by atoms with Crippen molar-refractivity contribution >= 4 is 6.21 Å². The second kappa shape index (κ2) is 1.73. The summed E-state index contributed by atoms with van der Waals surface area (Å²) in [4.78, 5) is 2.92. The van der Waals surface area contributed by atoms with E-state index in [-0.39, 0.29) is 0 Å². The molecule has 0 atom stereocenters. The van der Waals surface area contributed by atoms with Gasteiger partial charge in [0.2, 0.25) is 0 Å². The molecular weight excluding hydrogens is 86.1 g/mol. The molecule has 0 bridgehead atoms. The van der Waals surface area contributed by atoms with Gasteiger partial charge in [-0.3, -0.25) is 0 Å². The summed E-state index contributed by atoms with van der Waals surface area (Å²) < 4.78 is 0. The number of hydrogen-bond donors (Lipinski definition) is 1. The zero-order valence-corrected chi connectivity index (χ0v) is 4.02. The Kier molecular flexibility index (Phi) is 1.07. The Balaban J connectivity index is 2.66. The van der Waals surface area contributed by atoms with Crippen molar-refractivity contribution in [1.82, 2.24) is 0 Å². The summed E-state index contributed by atoms with van der Waals surface area (Å²) in [5, 5.41) is 0. The summed E-state index contributed by atoms with van der Waals surface area (Å²) in [6.07, 6.45) is 7.63. The van der Waals surface area contributed by atoms with E-state index in [0.717, 1.165) is 5.70 Å². The average molecular weight is 93.1 g/mol. The summed E-state index contributed by atoms with van der Waals surface area (Å²) in [6.45, 7) is 3.66. The van der Waals surface area contributed by atoms with Crippen LogP contribution in [0.5, 0.6) is 0 Å². The molecule has 0 saturated heterocycles. The van der Waals surface area contributed by atoms with Crippen molar-refractivity contribution < 1.29 is 4.99 Å². The largest absolute Gasteiger partial charge is 0.215 e. The Morgan fingerprint density at radius 1 is 1.43 bits per heavy atom. The van der Waals surface area contributed by atoms with Crippen LogP contribution in [0.2, 0.25) is 0 Å². The molecule has 0 fully saturated rings. The number of rotatable bonds is 0. The van der Waals surface area contributed by atoms with E-state index in [4.69, 9.17) is 0 Å². The highest BCUT2D eigenvalue weighted by molar-refractivity contribution is 5.67. The van der Waals surface area contributed by atoms with Crippen LogP contribution in [0.1, 0.15) is 0 Å². The van der Waals surface area contributed by atoms with Gasteiger partial charge >= 0.3 is 0 Å². The Labute approximate surface area is 43.1 Å². The fourth-order valence-corrected chi connectivity index (χ4v) is 0.431. The van der Waals surface area contributed by atoms with Crippen LogP contribution in [0.4, 0.5) is 0 Å². The minimum absolute atomic E-state index is 0.947. The van der Waals surface area contributed by atoms with E-state index < -0.39 is 0 Å². The topological polar surface area (TPSA) is 14.0 Å². The first-order valence-corrected chi connectivity index (χ1v) is 2.18. The molecule has 1 heterocycles. The van der Waals surface area contributed by atoms with Crippen LogP contribution in [-0.2, 0) is 0 Å². The first-order chi connectivity index (χ1) is 3.39. The highest BCUT2D eigenvalue weighted by atomic mass is 14.7. The highest BCUT2D eigenvalue weighted by Crippen LogP contribution is 1.85. The van der Waals surface area contributed by atoms with Crippen molar-refractivity contribution in [1.29, 1.82) is 0 Å². The lowest BCUT2D eigenvalue weighted by atomic mass is 10.3. The van der Waals surface area contributed by atoms with Crippen molar-refractivity contribution in [2.45, 2.75) is 0 Å². The third-order valence-electron chi connectivity index (χ3n) is 0.773. The Morgan fingerprint density at radius 3 is 2.57 bits per heavy atom. The molecule has 0 aromatic carbocycles. The van der Waals surface area contributed by atoms with E-state index in [2.05, 4.69) is 11.6 Å². The zero-order valence-electron chi connectivity index (χ0n) is 4.02. The molecule has 1 aliphatic heterocycles. The van der Waals surface area contributed by atoms with Crippen LogP contribution in [-0.4, -0.2) is 6.21 Å². The monoisotopic (exact) mass is 93.1 g/mol. The van der Waals surface area contributed by atoms with Gasteiger partial charge in [0.25, 0.3) is 0 Å². The van der Waals surface area contributed by atoms with Crippen molar-refractivity contribution in [2.24, 2.45) is 0 Å². The SMILES string of the molecule is C=C1[CH]C=CC=[NH+]1. The predicted octanol–water partition coefficient (Wildman–Crippen LogP) is -0.574. The summed E-state index contributed by atoms with van der Waals surface area (Å²) in [6, 6.07) is 0.